The Balaban J connectivity index is 1.68. The van der Waals surface area contributed by atoms with Crippen LogP contribution in [0, 0.1) is 0 Å². The predicted molar refractivity (Wildman–Crippen MR) is 115 cm³/mol. The van der Waals surface area contributed by atoms with Gasteiger partial charge < -0.3 is 15.2 Å². The van der Waals surface area contributed by atoms with Crippen LogP contribution >= 0.6 is 24.0 Å². The fourth-order valence-corrected chi connectivity index (χ4v) is 3.96. The van der Waals surface area contributed by atoms with Gasteiger partial charge in [0.25, 0.3) is 5.91 Å². The third-order valence-electron chi connectivity index (χ3n) is 4.24. The summed E-state index contributed by atoms with van der Waals surface area (Å²) in [6.07, 6.45) is 2.68. The Morgan fingerprint density at radius 3 is 2.59 bits per heavy atom. The normalized spacial score (nSPS) is 15.1. The Bertz CT molecular complexity index is 1020. The fourth-order valence-electron chi connectivity index (χ4n) is 2.71. The number of nitrogens with one attached hydrogen (secondary N) is 1. The van der Waals surface area contributed by atoms with E-state index in [1.165, 1.54) is 28.7 Å². The highest BCUT2D eigenvalue weighted by atomic mass is 32.2. The van der Waals surface area contributed by atoms with Gasteiger partial charge in [-0.3, -0.25) is 14.5 Å². The first-order valence-electron chi connectivity index (χ1n) is 8.83. The molecule has 3 rings (SSSR count). The third kappa shape index (κ3) is 5.10. The number of aromatic carboxylic acids is 1. The number of rotatable bonds is 6. The van der Waals surface area contributed by atoms with Crippen molar-refractivity contribution in [2.75, 3.05) is 11.9 Å². The zero-order valence-corrected chi connectivity index (χ0v) is 17.1. The summed E-state index contributed by atoms with van der Waals surface area (Å²) < 4.78 is 0.296. The third-order valence-corrected chi connectivity index (χ3v) is 5.62. The van der Waals surface area contributed by atoms with Gasteiger partial charge in [0.2, 0.25) is 5.91 Å². The fraction of sp³-hybridized carbons (Fsp3) is 0.143. The van der Waals surface area contributed by atoms with E-state index < -0.39 is 11.9 Å². The van der Waals surface area contributed by atoms with Crippen molar-refractivity contribution in [1.29, 1.82) is 0 Å². The van der Waals surface area contributed by atoms with Crippen LogP contribution in [0.25, 0.3) is 6.08 Å². The van der Waals surface area contributed by atoms with Gasteiger partial charge in [0.1, 0.15) is 10.9 Å². The zero-order chi connectivity index (χ0) is 21.0. The van der Waals surface area contributed by atoms with Gasteiger partial charge in [0, 0.05) is 5.69 Å². The summed E-state index contributed by atoms with van der Waals surface area (Å²) in [4.78, 5) is 37.6. The number of carbonyl (C=O) groups is 3. The lowest BCUT2D eigenvalue weighted by atomic mass is 10.1. The molecule has 0 aromatic heterocycles. The Morgan fingerprint density at radius 1 is 1.21 bits per heavy atom. The van der Waals surface area contributed by atoms with Crippen LogP contribution in [0.4, 0.5) is 5.69 Å². The maximum absolute atomic E-state index is 12.7. The van der Waals surface area contributed by atoms with Crippen LogP contribution in [0.2, 0.25) is 0 Å². The van der Waals surface area contributed by atoms with Crippen LogP contribution in [0.5, 0.6) is 0 Å². The molecule has 1 aliphatic rings. The van der Waals surface area contributed by atoms with Gasteiger partial charge >= 0.3 is 0 Å². The Labute approximate surface area is 177 Å². The van der Waals surface area contributed by atoms with E-state index in [-0.39, 0.29) is 18.0 Å². The zero-order valence-electron chi connectivity index (χ0n) is 15.5. The molecule has 0 atom stereocenters. The average Bonchev–Trinajstić information content (AvgIpc) is 2.96. The molecule has 1 N–H and O–H groups in total. The summed E-state index contributed by atoms with van der Waals surface area (Å²) in [5.41, 5.74) is 2.33. The molecule has 2 aromatic carbocycles. The van der Waals surface area contributed by atoms with E-state index in [0.717, 1.165) is 23.7 Å². The number of hydrogen-bond donors (Lipinski definition) is 1. The van der Waals surface area contributed by atoms with Gasteiger partial charge in [0.05, 0.1) is 10.9 Å². The largest absolute Gasteiger partial charge is 0.545 e. The number of aryl methyl sites for hydroxylation is 1. The second-order valence-electron chi connectivity index (χ2n) is 6.28. The topological polar surface area (TPSA) is 89.5 Å². The van der Waals surface area contributed by atoms with Gasteiger partial charge in [-0.15, -0.1) is 0 Å². The maximum Gasteiger partial charge on any atom is 0.266 e. The molecule has 1 heterocycles. The summed E-state index contributed by atoms with van der Waals surface area (Å²) in [6.45, 7) is 1.81. The minimum atomic E-state index is -1.34. The summed E-state index contributed by atoms with van der Waals surface area (Å²) >= 11 is 6.39. The molecule has 0 aliphatic carbocycles. The lowest BCUT2D eigenvalue weighted by Crippen LogP contribution is -2.36. The highest BCUT2D eigenvalue weighted by Gasteiger charge is 2.33. The first kappa shape index (κ1) is 20.8. The number of anilines is 1. The van der Waals surface area contributed by atoms with E-state index in [2.05, 4.69) is 12.2 Å². The van der Waals surface area contributed by atoms with Crippen molar-refractivity contribution in [3.63, 3.8) is 0 Å². The van der Waals surface area contributed by atoms with Crippen molar-refractivity contribution >= 4 is 57.8 Å². The smallest absolute Gasteiger partial charge is 0.266 e. The van der Waals surface area contributed by atoms with Gasteiger partial charge in [-0.2, -0.15) is 0 Å². The van der Waals surface area contributed by atoms with E-state index >= 15 is 0 Å². The monoisotopic (exact) mass is 425 g/mol. The van der Waals surface area contributed by atoms with Crippen molar-refractivity contribution in [3.05, 3.63) is 70.1 Å². The second-order valence-corrected chi connectivity index (χ2v) is 7.96. The standard InChI is InChI=1S/C21H18N2O4S2/c1-2-13-6-8-14(9-7-13)10-17-19(25)23(21(28)29-17)12-18(24)22-16-5-3-4-15(11-16)20(26)27/h3-11H,2,12H2,1H3,(H,22,24)(H,26,27)/p-1/b17-10+. The number of hydrogen-bond acceptors (Lipinski definition) is 6. The quantitative estimate of drug-likeness (QED) is 0.565. The van der Waals surface area contributed by atoms with Gasteiger partial charge in [-0.05, 0) is 41.3 Å². The van der Waals surface area contributed by atoms with Crippen LogP contribution < -0.4 is 10.4 Å². The molecular weight excluding hydrogens is 408 g/mol. The Hall–Kier alpha value is -2.97. The van der Waals surface area contributed by atoms with Crippen LogP contribution in [-0.2, 0) is 16.0 Å². The molecule has 1 fully saturated rings. The predicted octanol–water partition coefficient (Wildman–Crippen LogP) is 2.45. The van der Waals surface area contributed by atoms with Crippen LogP contribution in [-0.4, -0.2) is 33.5 Å². The summed E-state index contributed by atoms with van der Waals surface area (Å²) in [5, 5.41) is 13.5. The lowest BCUT2D eigenvalue weighted by Gasteiger charge is -2.14. The number of carbonyl (C=O) groups excluding carboxylic acids is 3. The van der Waals surface area contributed by atoms with Gasteiger partial charge in [-0.25, -0.2) is 0 Å². The molecule has 0 saturated carbocycles. The number of nitrogens with zero attached hydrogens (tertiary/aromatic N) is 1. The van der Waals surface area contributed by atoms with E-state index in [9.17, 15) is 19.5 Å². The SMILES string of the molecule is CCc1ccc(/C=C2/SC(=S)N(CC(=O)Nc3cccc(C(=O)[O-])c3)C2=O)cc1. The number of carboxylic acids is 1. The molecule has 148 valence electrons. The van der Waals surface area contributed by atoms with E-state index in [0.29, 0.717) is 14.9 Å². The number of thiocarbonyl (C=S) groups is 1. The molecule has 8 heteroatoms. The lowest BCUT2D eigenvalue weighted by molar-refractivity contribution is -0.255. The van der Waals surface area contributed by atoms with Crippen LogP contribution in [0.1, 0.15) is 28.4 Å². The molecule has 2 aromatic rings. The minimum absolute atomic E-state index is 0.0505. The first-order valence-corrected chi connectivity index (χ1v) is 10.1. The van der Waals surface area contributed by atoms with Crippen LogP contribution in [0.3, 0.4) is 0 Å². The molecular formula is C21H17N2O4S2-. The molecule has 0 bridgehead atoms. The Kier molecular flexibility index (Phi) is 6.46. The molecule has 0 spiro atoms. The molecule has 1 aliphatic heterocycles. The minimum Gasteiger partial charge on any atom is -0.545 e. The van der Waals surface area contributed by atoms with E-state index in [4.69, 9.17) is 12.2 Å². The maximum atomic E-state index is 12.7. The van der Waals surface area contributed by atoms with Crippen molar-refractivity contribution in [3.8, 4) is 0 Å². The number of thioether (sulfide) groups is 1. The summed E-state index contributed by atoms with van der Waals surface area (Å²) in [5.74, 6) is -2.15. The highest BCUT2D eigenvalue weighted by molar-refractivity contribution is 8.26. The molecule has 0 unspecified atom stereocenters. The van der Waals surface area contributed by atoms with E-state index in [1.54, 1.807) is 12.1 Å². The van der Waals surface area contributed by atoms with Crippen LogP contribution in [0.15, 0.2) is 53.4 Å². The molecule has 29 heavy (non-hydrogen) atoms. The van der Waals surface area contributed by atoms with Gasteiger partial charge in [0.15, 0.2) is 0 Å². The van der Waals surface area contributed by atoms with E-state index in [1.807, 2.05) is 24.3 Å². The number of amides is 2. The number of benzene rings is 2. The van der Waals surface area contributed by atoms with Gasteiger partial charge in [-0.1, -0.05) is 67.3 Å². The molecule has 1 saturated heterocycles. The average molecular weight is 426 g/mol. The van der Waals surface area contributed by atoms with Crippen molar-refractivity contribution in [2.45, 2.75) is 13.3 Å². The van der Waals surface area contributed by atoms with Crippen molar-refractivity contribution in [2.24, 2.45) is 0 Å². The second kappa shape index (κ2) is 9.02. The summed E-state index contributed by atoms with van der Waals surface area (Å²) in [7, 11) is 0. The van der Waals surface area contributed by atoms with Crippen molar-refractivity contribution in [1.82, 2.24) is 4.90 Å². The molecule has 6 nitrogen and oxygen atoms in total. The summed E-state index contributed by atoms with van der Waals surface area (Å²) in [6, 6.07) is 13.6. The highest BCUT2D eigenvalue weighted by Crippen LogP contribution is 2.32. The first-order chi connectivity index (χ1) is 13.9. The Morgan fingerprint density at radius 2 is 1.93 bits per heavy atom. The molecule has 0 radical (unpaired) electrons. The number of carboxylic acid groups (broad SMARTS) is 1. The molecule has 2 amide bonds. The van der Waals surface area contributed by atoms with Crippen molar-refractivity contribution < 1.29 is 19.5 Å².